The molecule has 0 saturated carbocycles. The molecule has 1 aliphatic heterocycles. The lowest BCUT2D eigenvalue weighted by Crippen LogP contribution is -2.43. The van der Waals surface area contributed by atoms with Gasteiger partial charge in [-0.1, -0.05) is 0 Å². The third-order valence-corrected chi connectivity index (χ3v) is 3.68. The summed E-state index contributed by atoms with van der Waals surface area (Å²) < 4.78 is 25.9. The zero-order valence-electron chi connectivity index (χ0n) is 12.7. The minimum absolute atomic E-state index is 0.0244. The molecule has 0 fully saturated rings. The summed E-state index contributed by atoms with van der Waals surface area (Å²) in [7, 11) is 1.48. The van der Waals surface area contributed by atoms with Crippen molar-refractivity contribution in [3.05, 3.63) is 42.4 Å². The molecule has 0 radical (unpaired) electrons. The fourth-order valence-corrected chi connectivity index (χ4v) is 2.58. The van der Waals surface area contributed by atoms with Crippen LogP contribution in [0.2, 0.25) is 0 Å². The number of hydrogen-bond acceptors (Lipinski definition) is 5. The Bertz CT molecular complexity index is 691. The maximum Gasteiger partial charge on any atom is 0.250 e. The smallest absolute Gasteiger partial charge is 0.250 e. The van der Waals surface area contributed by atoms with E-state index in [0.29, 0.717) is 13.1 Å². The van der Waals surface area contributed by atoms with Crippen LogP contribution >= 0.6 is 0 Å². The molecule has 0 aromatic carbocycles. The van der Waals surface area contributed by atoms with E-state index in [1.54, 1.807) is 17.4 Å². The number of methoxy groups -OCH3 is 1. The van der Waals surface area contributed by atoms with Crippen molar-refractivity contribution in [3.8, 4) is 5.88 Å². The Morgan fingerprint density at radius 3 is 3.17 bits per heavy atom. The fraction of sp³-hybridized carbons (Fsp3) is 0.400. The highest BCUT2D eigenvalue weighted by Gasteiger charge is 2.28. The highest BCUT2D eigenvalue weighted by Crippen LogP contribution is 2.22. The third kappa shape index (κ3) is 3.31. The van der Waals surface area contributed by atoms with Crippen molar-refractivity contribution in [3.63, 3.8) is 0 Å². The highest BCUT2D eigenvalue weighted by molar-refractivity contribution is 5.77. The number of halogens is 1. The van der Waals surface area contributed by atoms with Gasteiger partial charge in [0.25, 0.3) is 0 Å². The summed E-state index contributed by atoms with van der Waals surface area (Å²) in [5, 5.41) is 0. The monoisotopic (exact) mass is 320 g/mol. The Kier molecular flexibility index (Phi) is 4.52. The SMILES string of the molecule is COCC(=O)N1Cc2cncn2C(COc2ncccc2F)C1. The number of amides is 1. The number of nitrogens with zero attached hydrogens (tertiary/aromatic N) is 4. The summed E-state index contributed by atoms with van der Waals surface area (Å²) in [6.45, 7) is 1.13. The molecule has 0 aliphatic carbocycles. The van der Waals surface area contributed by atoms with Crippen molar-refractivity contribution in [1.29, 1.82) is 0 Å². The van der Waals surface area contributed by atoms with Crippen LogP contribution in [0.25, 0.3) is 0 Å². The maximum atomic E-state index is 13.6. The molecular formula is C15H17FN4O3. The minimum atomic E-state index is -0.513. The Balaban J connectivity index is 1.73. The van der Waals surface area contributed by atoms with Gasteiger partial charge in [0.15, 0.2) is 5.82 Å². The van der Waals surface area contributed by atoms with Crippen LogP contribution in [0, 0.1) is 5.82 Å². The van der Waals surface area contributed by atoms with Crippen LogP contribution in [-0.4, -0.2) is 52.2 Å². The van der Waals surface area contributed by atoms with Crippen molar-refractivity contribution >= 4 is 5.91 Å². The van der Waals surface area contributed by atoms with Crippen LogP contribution in [0.4, 0.5) is 4.39 Å². The Morgan fingerprint density at radius 1 is 1.52 bits per heavy atom. The lowest BCUT2D eigenvalue weighted by molar-refractivity contribution is -0.137. The van der Waals surface area contributed by atoms with E-state index in [0.717, 1.165) is 5.69 Å². The molecule has 1 aliphatic rings. The van der Waals surface area contributed by atoms with Gasteiger partial charge in [-0.25, -0.2) is 14.4 Å². The summed E-state index contributed by atoms with van der Waals surface area (Å²) in [6, 6.07) is 2.63. The summed E-state index contributed by atoms with van der Waals surface area (Å²) in [5.41, 5.74) is 0.899. The lowest BCUT2D eigenvalue weighted by Gasteiger charge is -2.34. The van der Waals surface area contributed by atoms with E-state index in [1.807, 2.05) is 4.57 Å². The van der Waals surface area contributed by atoms with Gasteiger partial charge in [-0.05, 0) is 12.1 Å². The van der Waals surface area contributed by atoms with Gasteiger partial charge in [-0.2, -0.15) is 0 Å². The van der Waals surface area contributed by atoms with E-state index >= 15 is 0 Å². The van der Waals surface area contributed by atoms with Crippen molar-refractivity contribution in [1.82, 2.24) is 19.4 Å². The van der Waals surface area contributed by atoms with Crippen molar-refractivity contribution in [2.75, 3.05) is 26.9 Å². The summed E-state index contributed by atoms with van der Waals surface area (Å²) >= 11 is 0. The van der Waals surface area contributed by atoms with Crippen molar-refractivity contribution in [2.45, 2.75) is 12.6 Å². The number of fused-ring (bicyclic) bond motifs is 1. The molecule has 0 bridgehead atoms. The van der Waals surface area contributed by atoms with Gasteiger partial charge < -0.3 is 18.9 Å². The maximum absolute atomic E-state index is 13.6. The molecule has 1 atom stereocenters. The van der Waals surface area contributed by atoms with E-state index in [4.69, 9.17) is 9.47 Å². The van der Waals surface area contributed by atoms with Crippen molar-refractivity contribution < 1.29 is 18.7 Å². The molecule has 0 spiro atoms. The molecule has 7 nitrogen and oxygen atoms in total. The lowest BCUT2D eigenvalue weighted by atomic mass is 10.2. The van der Waals surface area contributed by atoms with Crippen LogP contribution in [0.15, 0.2) is 30.9 Å². The second kappa shape index (κ2) is 6.74. The van der Waals surface area contributed by atoms with Gasteiger partial charge in [0.2, 0.25) is 11.8 Å². The number of rotatable bonds is 5. The molecule has 122 valence electrons. The zero-order chi connectivity index (χ0) is 16.2. The van der Waals surface area contributed by atoms with Crippen LogP contribution in [0.3, 0.4) is 0 Å². The Labute approximate surface area is 132 Å². The van der Waals surface area contributed by atoms with E-state index < -0.39 is 5.82 Å². The molecule has 0 saturated heterocycles. The third-order valence-electron chi connectivity index (χ3n) is 3.68. The molecule has 23 heavy (non-hydrogen) atoms. The highest BCUT2D eigenvalue weighted by atomic mass is 19.1. The first-order valence-electron chi connectivity index (χ1n) is 7.19. The van der Waals surface area contributed by atoms with Gasteiger partial charge >= 0.3 is 0 Å². The number of ether oxygens (including phenoxy) is 2. The normalized spacial score (nSPS) is 17.0. The van der Waals surface area contributed by atoms with Gasteiger partial charge in [-0.3, -0.25) is 4.79 Å². The van der Waals surface area contributed by atoms with Crippen LogP contribution in [0.5, 0.6) is 5.88 Å². The molecule has 2 aromatic rings. The van der Waals surface area contributed by atoms with Crippen molar-refractivity contribution in [2.24, 2.45) is 0 Å². The summed E-state index contributed by atoms with van der Waals surface area (Å²) in [5.74, 6) is -0.662. The van der Waals surface area contributed by atoms with Gasteiger partial charge in [0.1, 0.15) is 13.2 Å². The van der Waals surface area contributed by atoms with Gasteiger partial charge in [-0.15, -0.1) is 0 Å². The predicted molar refractivity (Wildman–Crippen MR) is 78.2 cm³/mol. The van der Waals surface area contributed by atoms with Gasteiger partial charge in [0, 0.05) is 26.0 Å². The van der Waals surface area contributed by atoms with Gasteiger partial charge in [0.05, 0.1) is 24.6 Å². The molecule has 0 N–H and O–H groups in total. The number of hydrogen-bond donors (Lipinski definition) is 0. The topological polar surface area (TPSA) is 69.5 Å². The average Bonchev–Trinajstić information content (AvgIpc) is 3.02. The summed E-state index contributed by atoms with van der Waals surface area (Å²) in [6.07, 6.45) is 4.87. The molecular weight excluding hydrogens is 303 g/mol. The first-order chi connectivity index (χ1) is 11.2. The standard InChI is InChI=1S/C15H17FN4O3/c1-22-9-14(21)19-6-11-5-17-10-20(11)12(7-19)8-23-15-13(16)3-2-4-18-15/h2-5,10,12H,6-9H2,1H3. The Hall–Kier alpha value is -2.48. The molecule has 2 aromatic heterocycles. The number of aromatic nitrogens is 3. The number of pyridine rings is 1. The number of carbonyl (C=O) groups excluding carboxylic acids is 1. The van der Waals surface area contributed by atoms with Crippen LogP contribution < -0.4 is 4.74 Å². The number of carbonyl (C=O) groups is 1. The van der Waals surface area contributed by atoms with Crippen LogP contribution in [0.1, 0.15) is 11.7 Å². The Morgan fingerprint density at radius 2 is 2.39 bits per heavy atom. The zero-order valence-corrected chi connectivity index (χ0v) is 12.7. The molecule has 8 heteroatoms. The molecule has 1 unspecified atom stereocenters. The van der Waals surface area contributed by atoms with E-state index in [9.17, 15) is 9.18 Å². The first kappa shape index (κ1) is 15.4. The fourth-order valence-electron chi connectivity index (χ4n) is 2.58. The molecule has 3 heterocycles. The predicted octanol–water partition coefficient (Wildman–Crippen LogP) is 1.03. The van der Waals surface area contributed by atoms with E-state index in [1.165, 1.54) is 25.4 Å². The summed E-state index contributed by atoms with van der Waals surface area (Å²) in [4.78, 5) is 21.7. The largest absolute Gasteiger partial charge is 0.473 e. The number of imidazole rings is 1. The second-order valence-electron chi connectivity index (χ2n) is 5.25. The first-order valence-corrected chi connectivity index (χ1v) is 7.19. The average molecular weight is 320 g/mol. The minimum Gasteiger partial charge on any atom is -0.473 e. The second-order valence-corrected chi connectivity index (χ2v) is 5.25. The van der Waals surface area contributed by atoms with E-state index in [2.05, 4.69) is 9.97 Å². The quantitative estimate of drug-likeness (QED) is 0.823. The molecule has 1 amide bonds. The van der Waals surface area contributed by atoms with E-state index in [-0.39, 0.29) is 31.0 Å². The van der Waals surface area contributed by atoms with Crippen LogP contribution in [-0.2, 0) is 16.1 Å². The molecule has 3 rings (SSSR count).